The molecule has 80 valence electrons. The van der Waals surface area contributed by atoms with Crippen LogP contribution in [0.25, 0.3) is 0 Å². The highest BCUT2D eigenvalue weighted by Crippen LogP contribution is 2.27. The standard InChI is InChI=1S/C7H12F4O2/c1-3-12-6(13-4-2)5(8)7(9,10)11/h5-6H,3-4H2,1-2H3/t5-/m0/s1. The molecule has 0 aliphatic carbocycles. The molecule has 0 saturated carbocycles. The van der Waals surface area contributed by atoms with E-state index in [1.165, 1.54) is 13.8 Å². The largest absolute Gasteiger partial charge is 0.424 e. The minimum atomic E-state index is -4.94. The van der Waals surface area contributed by atoms with Crippen molar-refractivity contribution in [3.05, 3.63) is 0 Å². The quantitative estimate of drug-likeness (QED) is 0.505. The van der Waals surface area contributed by atoms with Gasteiger partial charge in [0.25, 0.3) is 0 Å². The van der Waals surface area contributed by atoms with Crippen LogP contribution in [0.1, 0.15) is 13.8 Å². The molecule has 0 aromatic heterocycles. The van der Waals surface area contributed by atoms with Crippen LogP contribution in [-0.4, -0.2) is 31.9 Å². The Morgan fingerprint density at radius 1 is 1.08 bits per heavy atom. The van der Waals surface area contributed by atoms with E-state index in [1.807, 2.05) is 0 Å². The van der Waals surface area contributed by atoms with Crippen LogP contribution in [0.5, 0.6) is 0 Å². The second-order valence-corrected chi connectivity index (χ2v) is 2.22. The summed E-state index contributed by atoms with van der Waals surface area (Å²) in [5, 5.41) is 0. The van der Waals surface area contributed by atoms with Gasteiger partial charge in [-0.05, 0) is 13.8 Å². The lowest BCUT2D eigenvalue weighted by molar-refractivity contribution is -0.266. The number of rotatable bonds is 5. The summed E-state index contributed by atoms with van der Waals surface area (Å²) in [5.74, 6) is 0. The number of hydrogen-bond acceptors (Lipinski definition) is 2. The second kappa shape index (κ2) is 5.39. The van der Waals surface area contributed by atoms with Crippen molar-refractivity contribution in [1.29, 1.82) is 0 Å². The van der Waals surface area contributed by atoms with Crippen molar-refractivity contribution >= 4 is 0 Å². The fourth-order valence-electron chi connectivity index (χ4n) is 0.700. The van der Waals surface area contributed by atoms with Gasteiger partial charge >= 0.3 is 6.18 Å². The monoisotopic (exact) mass is 204 g/mol. The van der Waals surface area contributed by atoms with Gasteiger partial charge in [-0.3, -0.25) is 0 Å². The van der Waals surface area contributed by atoms with Gasteiger partial charge in [0, 0.05) is 13.2 Å². The van der Waals surface area contributed by atoms with Gasteiger partial charge < -0.3 is 9.47 Å². The predicted octanol–water partition coefficient (Wildman–Crippen LogP) is 2.29. The summed E-state index contributed by atoms with van der Waals surface area (Å²) in [7, 11) is 0. The van der Waals surface area contributed by atoms with Crippen LogP contribution in [0.4, 0.5) is 17.6 Å². The Kier molecular flexibility index (Phi) is 5.24. The molecule has 0 spiro atoms. The minimum absolute atomic E-state index is 0.0266. The van der Waals surface area contributed by atoms with Gasteiger partial charge in [0.15, 0.2) is 6.29 Å². The molecule has 0 bridgehead atoms. The van der Waals surface area contributed by atoms with Crippen molar-refractivity contribution in [1.82, 2.24) is 0 Å². The van der Waals surface area contributed by atoms with Gasteiger partial charge in [-0.25, -0.2) is 4.39 Å². The highest BCUT2D eigenvalue weighted by atomic mass is 19.4. The number of hydrogen-bond donors (Lipinski definition) is 0. The zero-order valence-electron chi connectivity index (χ0n) is 7.40. The first-order chi connectivity index (χ1) is 5.93. The SMILES string of the molecule is CCOC(OCC)[C@H](F)C(F)(F)F. The lowest BCUT2D eigenvalue weighted by Crippen LogP contribution is -2.39. The smallest absolute Gasteiger partial charge is 0.350 e. The van der Waals surface area contributed by atoms with E-state index in [4.69, 9.17) is 0 Å². The van der Waals surface area contributed by atoms with Gasteiger partial charge in [-0.1, -0.05) is 0 Å². The van der Waals surface area contributed by atoms with E-state index < -0.39 is 18.6 Å². The van der Waals surface area contributed by atoms with Crippen molar-refractivity contribution in [2.24, 2.45) is 0 Å². The van der Waals surface area contributed by atoms with Crippen LogP contribution in [0.15, 0.2) is 0 Å². The number of halogens is 4. The van der Waals surface area contributed by atoms with E-state index in [1.54, 1.807) is 0 Å². The highest BCUT2D eigenvalue weighted by Gasteiger charge is 2.46. The zero-order valence-corrected chi connectivity index (χ0v) is 7.40. The topological polar surface area (TPSA) is 18.5 Å². The highest BCUT2D eigenvalue weighted by molar-refractivity contribution is 4.69. The van der Waals surface area contributed by atoms with Gasteiger partial charge in [0.1, 0.15) is 0 Å². The Morgan fingerprint density at radius 2 is 1.46 bits per heavy atom. The summed E-state index contributed by atoms with van der Waals surface area (Å²) < 4.78 is 56.9. The van der Waals surface area contributed by atoms with Crippen molar-refractivity contribution in [3.8, 4) is 0 Å². The van der Waals surface area contributed by atoms with Crippen molar-refractivity contribution in [3.63, 3.8) is 0 Å². The average molecular weight is 204 g/mol. The molecule has 0 heterocycles. The second-order valence-electron chi connectivity index (χ2n) is 2.22. The van der Waals surface area contributed by atoms with Crippen LogP contribution in [0.3, 0.4) is 0 Å². The van der Waals surface area contributed by atoms with Crippen LogP contribution in [-0.2, 0) is 9.47 Å². The van der Waals surface area contributed by atoms with E-state index in [9.17, 15) is 17.6 Å². The number of ether oxygens (including phenoxy) is 2. The fourth-order valence-corrected chi connectivity index (χ4v) is 0.700. The van der Waals surface area contributed by atoms with Crippen LogP contribution < -0.4 is 0 Å². The Bertz CT molecular complexity index is 131. The molecule has 0 aromatic rings. The lowest BCUT2D eigenvalue weighted by Gasteiger charge is -2.22. The maximum Gasteiger partial charge on any atom is 0.424 e. The molecule has 0 aromatic carbocycles. The molecule has 0 amide bonds. The third-order valence-corrected chi connectivity index (χ3v) is 1.21. The molecule has 0 fully saturated rings. The van der Waals surface area contributed by atoms with E-state index in [0.29, 0.717) is 0 Å². The van der Waals surface area contributed by atoms with Crippen LogP contribution in [0, 0.1) is 0 Å². The van der Waals surface area contributed by atoms with E-state index >= 15 is 0 Å². The summed E-state index contributed by atoms with van der Waals surface area (Å²) in [4.78, 5) is 0. The van der Waals surface area contributed by atoms with Crippen LogP contribution in [0.2, 0.25) is 0 Å². The molecule has 6 heteroatoms. The predicted molar refractivity (Wildman–Crippen MR) is 38.0 cm³/mol. The summed E-state index contributed by atoms with van der Waals surface area (Å²) in [6, 6.07) is 0. The molecule has 0 saturated heterocycles. The summed E-state index contributed by atoms with van der Waals surface area (Å²) in [5.41, 5.74) is 0. The summed E-state index contributed by atoms with van der Waals surface area (Å²) >= 11 is 0. The maximum absolute atomic E-state index is 12.6. The Hall–Kier alpha value is -0.360. The van der Waals surface area contributed by atoms with E-state index in [2.05, 4.69) is 9.47 Å². The fraction of sp³-hybridized carbons (Fsp3) is 1.00. The molecule has 0 aliphatic heterocycles. The Balaban J connectivity index is 4.18. The molecule has 13 heavy (non-hydrogen) atoms. The third kappa shape index (κ3) is 4.42. The van der Waals surface area contributed by atoms with Crippen molar-refractivity contribution in [2.45, 2.75) is 32.5 Å². The molecular weight excluding hydrogens is 192 g/mol. The van der Waals surface area contributed by atoms with Gasteiger partial charge in [0.05, 0.1) is 0 Å². The molecule has 0 aliphatic rings. The van der Waals surface area contributed by atoms with Crippen LogP contribution >= 0.6 is 0 Å². The zero-order chi connectivity index (χ0) is 10.5. The molecular formula is C7H12F4O2. The lowest BCUT2D eigenvalue weighted by atomic mass is 10.3. The average Bonchev–Trinajstić information content (AvgIpc) is 2.01. The number of alkyl halides is 4. The third-order valence-electron chi connectivity index (χ3n) is 1.21. The molecule has 0 rings (SSSR count). The molecule has 1 atom stereocenters. The van der Waals surface area contributed by atoms with Crippen molar-refractivity contribution in [2.75, 3.05) is 13.2 Å². The van der Waals surface area contributed by atoms with E-state index in [-0.39, 0.29) is 13.2 Å². The molecule has 0 radical (unpaired) electrons. The van der Waals surface area contributed by atoms with Gasteiger partial charge in [-0.2, -0.15) is 13.2 Å². The first-order valence-electron chi connectivity index (χ1n) is 3.87. The Morgan fingerprint density at radius 3 is 1.69 bits per heavy atom. The van der Waals surface area contributed by atoms with Crippen molar-refractivity contribution < 1.29 is 27.0 Å². The summed E-state index contributed by atoms with van der Waals surface area (Å²) in [6.45, 7) is 2.88. The molecule has 0 N–H and O–H groups in total. The van der Waals surface area contributed by atoms with E-state index in [0.717, 1.165) is 0 Å². The van der Waals surface area contributed by atoms with Gasteiger partial charge in [0.2, 0.25) is 6.17 Å². The summed E-state index contributed by atoms with van der Waals surface area (Å²) in [6.07, 6.45) is -9.88. The normalized spacial score (nSPS) is 15.0. The van der Waals surface area contributed by atoms with Gasteiger partial charge in [-0.15, -0.1) is 0 Å². The first kappa shape index (κ1) is 12.6. The Labute approximate surface area is 73.8 Å². The molecule has 0 unspecified atom stereocenters. The maximum atomic E-state index is 12.6. The first-order valence-corrected chi connectivity index (χ1v) is 3.87. The molecule has 2 nitrogen and oxygen atoms in total. The minimum Gasteiger partial charge on any atom is -0.350 e.